The number of aliphatic hydroxyl groups excluding tert-OH is 1. The molecule has 6 heteroatoms. The maximum Gasteiger partial charge on any atom is 0.146 e. The first-order valence-electron chi connectivity index (χ1n) is 8.27. The Morgan fingerprint density at radius 3 is 2.52 bits per heavy atom. The SMILES string of the molecule is CN(C)Cc1nc(NC(C)(C)CO)c2c(-c3ccccc3)csc2n1. The summed E-state index contributed by atoms with van der Waals surface area (Å²) in [6.45, 7) is 4.61. The number of anilines is 1. The lowest BCUT2D eigenvalue weighted by Gasteiger charge is -2.25. The van der Waals surface area contributed by atoms with Crippen LogP contribution in [0.2, 0.25) is 0 Å². The van der Waals surface area contributed by atoms with Gasteiger partial charge in [0, 0.05) is 10.9 Å². The molecule has 0 aliphatic carbocycles. The van der Waals surface area contributed by atoms with Gasteiger partial charge in [-0.25, -0.2) is 9.97 Å². The standard InChI is InChI=1S/C19H24N4OS/c1-19(2,12-24)22-17-16-14(13-8-6-5-7-9-13)11-25-18(16)21-15(20-17)10-23(3)4/h5-9,11,24H,10,12H2,1-4H3,(H,20,21,22). The third kappa shape index (κ3) is 3.98. The molecule has 0 aliphatic heterocycles. The molecule has 2 heterocycles. The minimum Gasteiger partial charge on any atom is -0.394 e. The number of fused-ring (bicyclic) bond motifs is 1. The second-order valence-electron chi connectivity index (χ2n) is 7.09. The second kappa shape index (κ2) is 7.07. The predicted molar refractivity (Wildman–Crippen MR) is 105 cm³/mol. The van der Waals surface area contributed by atoms with Gasteiger partial charge in [-0.3, -0.25) is 0 Å². The summed E-state index contributed by atoms with van der Waals surface area (Å²) in [5.41, 5.74) is 1.79. The van der Waals surface area contributed by atoms with Crippen LogP contribution in [0.25, 0.3) is 21.3 Å². The molecule has 132 valence electrons. The molecule has 0 fully saturated rings. The molecule has 0 saturated heterocycles. The third-order valence-corrected chi connectivity index (χ3v) is 4.75. The molecule has 0 bridgehead atoms. The van der Waals surface area contributed by atoms with E-state index in [4.69, 9.17) is 9.97 Å². The van der Waals surface area contributed by atoms with Crippen molar-refractivity contribution in [1.82, 2.24) is 14.9 Å². The topological polar surface area (TPSA) is 61.3 Å². The summed E-state index contributed by atoms with van der Waals surface area (Å²) in [6.07, 6.45) is 0. The van der Waals surface area contributed by atoms with Crippen LogP contribution in [0.4, 0.5) is 5.82 Å². The highest BCUT2D eigenvalue weighted by Gasteiger charge is 2.22. The zero-order valence-electron chi connectivity index (χ0n) is 15.1. The number of nitrogens with one attached hydrogen (secondary N) is 1. The third-order valence-electron chi connectivity index (χ3n) is 3.87. The monoisotopic (exact) mass is 356 g/mol. The lowest BCUT2D eigenvalue weighted by molar-refractivity contribution is 0.234. The molecule has 0 unspecified atom stereocenters. The quantitative estimate of drug-likeness (QED) is 0.707. The van der Waals surface area contributed by atoms with Crippen LogP contribution in [0.15, 0.2) is 35.7 Å². The number of thiophene rings is 1. The van der Waals surface area contributed by atoms with Crippen LogP contribution in [-0.2, 0) is 6.54 Å². The molecule has 25 heavy (non-hydrogen) atoms. The number of aliphatic hydroxyl groups is 1. The van der Waals surface area contributed by atoms with Gasteiger partial charge in [0.2, 0.25) is 0 Å². The van der Waals surface area contributed by atoms with E-state index in [9.17, 15) is 5.11 Å². The Hall–Kier alpha value is -2.02. The van der Waals surface area contributed by atoms with Crippen molar-refractivity contribution in [2.24, 2.45) is 0 Å². The molecule has 2 N–H and O–H groups in total. The van der Waals surface area contributed by atoms with E-state index >= 15 is 0 Å². The zero-order chi connectivity index (χ0) is 18.0. The average Bonchev–Trinajstić information content (AvgIpc) is 2.99. The second-order valence-corrected chi connectivity index (χ2v) is 7.95. The fourth-order valence-electron chi connectivity index (χ4n) is 2.62. The Morgan fingerprint density at radius 1 is 1.16 bits per heavy atom. The number of rotatable bonds is 6. The molecule has 0 saturated carbocycles. The van der Waals surface area contributed by atoms with Gasteiger partial charge in [-0.1, -0.05) is 30.3 Å². The molecule has 0 aliphatic rings. The van der Waals surface area contributed by atoms with Crippen LogP contribution < -0.4 is 5.32 Å². The predicted octanol–water partition coefficient (Wildman–Crippen LogP) is 3.60. The van der Waals surface area contributed by atoms with Crippen LogP contribution in [0.3, 0.4) is 0 Å². The first-order valence-corrected chi connectivity index (χ1v) is 9.15. The lowest BCUT2D eigenvalue weighted by Crippen LogP contribution is -2.35. The molecular formula is C19H24N4OS. The highest BCUT2D eigenvalue weighted by molar-refractivity contribution is 7.17. The van der Waals surface area contributed by atoms with Crippen molar-refractivity contribution in [2.45, 2.75) is 25.9 Å². The Labute approximate surface area is 152 Å². The summed E-state index contributed by atoms with van der Waals surface area (Å²) in [7, 11) is 4.00. The van der Waals surface area contributed by atoms with Crippen molar-refractivity contribution >= 4 is 27.4 Å². The van der Waals surface area contributed by atoms with Crippen LogP contribution in [-0.4, -0.2) is 46.2 Å². The summed E-state index contributed by atoms with van der Waals surface area (Å²) in [6, 6.07) is 10.3. The first-order chi connectivity index (χ1) is 11.9. The zero-order valence-corrected chi connectivity index (χ0v) is 15.9. The maximum atomic E-state index is 9.67. The Balaban J connectivity index is 2.18. The van der Waals surface area contributed by atoms with Gasteiger partial charge in [0.15, 0.2) is 0 Å². The van der Waals surface area contributed by atoms with Gasteiger partial charge in [0.1, 0.15) is 16.5 Å². The van der Waals surface area contributed by atoms with E-state index in [2.05, 4.69) is 22.8 Å². The number of hydrogen-bond donors (Lipinski definition) is 2. The van der Waals surface area contributed by atoms with Crippen molar-refractivity contribution in [3.8, 4) is 11.1 Å². The molecular weight excluding hydrogens is 332 g/mol. The minimum atomic E-state index is -0.466. The van der Waals surface area contributed by atoms with Gasteiger partial charge in [-0.15, -0.1) is 11.3 Å². The summed E-state index contributed by atoms with van der Waals surface area (Å²) in [5, 5.41) is 16.2. The molecule has 5 nitrogen and oxygen atoms in total. The maximum absolute atomic E-state index is 9.67. The molecule has 0 spiro atoms. The molecule has 3 aromatic rings. The first kappa shape index (κ1) is 17.8. The summed E-state index contributed by atoms with van der Waals surface area (Å²) in [4.78, 5) is 12.5. The van der Waals surface area contributed by atoms with Crippen molar-refractivity contribution < 1.29 is 5.11 Å². The largest absolute Gasteiger partial charge is 0.394 e. The molecule has 0 radical (unpaired) electrons. The minimum absolute atomic E-state index is 0.0202. The van der Waals surface area contributed by atoms with Crippen molar-refractivity contribution in [2.75, 3.05) is 26.0 Å². The summed E-state index contributed by atoms with van der Waals surface area (Å²) in [5.74, 6) is 1.55. The number of aromatic nitrogens is 2. The van der Waals surface area contributed by atoms with Gasteiger partial charge >= 0.3 is 0 Å². The van der Waals surface area contributed by atoms with Gasteiger partial charge in [0.25, 0.3) is 0 Å². The van der Waals surface area contributed by atoms with Crippen LogP contribution >= 0.6 is 11.3 Å². The van der Waals surface area contributed by atoms with E-state index < -0.39 is 5.54 Å². The Morgan fingerprint density at radius 2 is 1.88 bits per heavy atom. The van der Waals surface area contributed by atoms with Crippen LogP contribution in [0.1, 0.15) is 19.7 Å². The van der Waals surface area contributed by atoms with Crippen LogP contribution in [0, 0.1) is 0 Å². The lowest BCUT2D eigenvalue weighted by atomic mass is 10.0. The Kier molecular flexibility index (Phi) is 5.03. The normalized spacial score (nSPS) is 12.1. The van der Waals surface area contributed by atoms with E-state index in [0.29, 0.717) is 6.54 Å². The van der Waals surface area contributed by atoms with Crippen molar-refractivity contribution in [3.05, 3.63) is 41.5 Å². The van der Waals surface area contributed by atoms with Gasteiger partial charge in [0.05, 0.1) is 24.1 Å². The summed E-state index contributed by atoms with van der Waals surface area (Å²) < 4.78 is 0. The van der Waals surface area contributed by atoms with E-state index in [-0.39, 0.29) is 6.61 Å². The van der Waals surface area contributed by atoms with Gasteiger partial charge in [-0.2, -0.15) is 0 Å². The van der Waals surface area contributed by atoms with E-state index in [1.165, 1.54) is 0 Å². The number of benzene rings is 1. The average molecular weight is 356 g/mol. The molecule has 1 aromatic carbocycles. The molecule has 3 rings (SSSR count). The van der Waals surface area contributed by atoms with E-state index in [1.54, 1.807) is 11.3 Å². The van der Waals surface area contributed by atoms with Gasteiger partial charge in [-0.05, 0) is 33.5 Å². The number of hydrogen-bond acceptors (Lipinski definition) is 6. The highest BCUT2D eigenvalue weighted by Crippen LogP contribution is 2.37. The Bertz CT molecular complexity index is 858. The van der Waals surface area contributed by atoms with Gasteiger partial charge < -0.3 is 15.3 Å². The van der Waals surface area contributed by atoms with Crippen molar-refractivity contribution in [1.29, 1.82) is 0 Å². The molecule has 0 amide bonds. The fourth-order valence-corrected chi connectivity index (χ4v) is 3.59. The van der Waals surface area contributed by atoms with E-state index in [0.717, 1.165) is 33.0 Å². The number of nitrogens with zero attached hydrogens (tertiary/aromatic N) is 3. The van der Waals surface area contributed by atoms with Crippen LogP contribution in [0.5, 0.6) is 0 Å². The molecule has 0 atom stereocenters. The smallest absolute Gasteiger partial charge is 0.146 e. The molecule has 2 aromatic heterocycles. The summed E-state index contributed by atoms with van der Waals surface area (Å²) >= 11 is 1.63. The van der Waals surface area contributed by atoms with Crippen molar-refractivity contribution in [3.63, 3.8) is 0 Å². The fraction of sp³-hybridized carbons (Fsp3) is 0.368. The van der Waals surface area contributed by atoms with E-state index in [1.807, 2.05) is 51.0 Å². The highest BCUT2D eigenvalue weighted by atomic mass is 32.1.